The summed E-state index contributed by atoms with van der Waals surface area (Å²) < 4.78 is 0. The van der Waals surface area contributed by atoms with Gasteiger partial charge in [0.05, 0.1) is 0 Å². The molecule has 0 bridgehead atoms. The second kappa shape index (κ2) is 1.90. The molecule has 0 spiro atoms. The Kier molecular flexibility index (Phi) is 1.24. The van der Waals surface area contributed by atoms with Crippen LogP contribution in [0.25, 0.3) is 0 Å². The monoisotopic (exact) mass is 113 g/mol. The lowest BCUT2D eigenvalue weighted by atomic mass is 11.0. The van der Waals surface area contributed by atoms with E-state index >= 15 is 0 Å². The van der Waals surface area contributed by atoms with Gasteiger partial charge >= 0.3 is 0 Å². The first-order chi connectivity index (χ1) is 3.43. The topological polar surface area (TPSA) is 47.2 Å². The molecule has 1 heterocycles. The third kappa shape index (κ3) is 0.880. The summed E-state index contributed by atoms with van der Waals surface area (Å²) in [5.41, 5.74) is 1.91. The Morgan fingerprint density at radius 1 is 1.86 bits per heavy atom. The van der Waals surface area contributed by atoms with Crippen molar-refractivity contribution >= 4 is 16.5 Å². The molecular weight excluding hydrogens is 110 g/mol. The predicted molar refractivity (Wildman–Crippen MR) is 27.9 cm³/mol. The molecule has 0 aromatic carbocycles. The van der Waals surface area contributed by atoms with E-state index in [9.17, 15) is 0 Å². The summed E-state index contributed by atoms with van der Waals surface area (Å²) in [4.78, 5) is 3.69. The Labute approximate surface area is 45.2 Å². The van der Waals surface area contributed by atoms with Crippen molar-refractivity contribution in [3.8, 4) is 0 Å². The molecule has 0 amide bonds. The molecule has 2 radical (unpaired) electrons. The fraction of sp³-hybridized carbons (Fsp3) is 0. The zero-order chi connectivity index (χ0) is 5.11. The first-order valence-electron chi connectivity index (χ1n) is 1.73. The van der Waals surface area contributed by atoms with Gasteiger partial charge < -0.3 is 0 Å². The van der Waals surface area contributed by atoms with E-state index in [0.717, 1.165) is 0 Å². The lowest BCUT2D eigenvalue weighted by Gasteiger charge is -1.79. The van der Waals surface area contributed by atoms with Crippen LogP contribution in [0.1, 0.15) is 0 Å². The fourth-order valence-electron chi connectivity index (χ4n) is 0.279. The van der Waals surface area contributed by atoms with E-state index < -0.39 is 0 Å². The van der Waals surface area contributed by atoms with Crippen molar-refractivity contribution in [2.45, 2.75) is 0 Å². The summed E-state index contributed by atoms with van der Waals surface area (Å²) in [5, 5.41) is 2.30. The molecule has 1 N–H and O–H groups in total. The van der Waals surface area contributed by atoms with Crippen LogP contribution >= 0.6 is 11.3 Å². The SMILES string of the molecule is [N]Nc1nccs1. The maximum atomic E-state index is 8.12. The first kappa shape index (κ1) is 4.55. The van der Waals surface area contributed by atoms with Gasteiger partial charge in [-0.3, -0.25) is 5.43 Å². The van der Waals surface area contributed by atoms with Crippen LogP contribution in [0.15, 0.2) is 11.6 Å². The molecule has 0 aliphatic rings. The first-order valence-corrected chi connectivity index (χ1v) is 2.61. The van der Waals surface area contributed by atoms with Gasteiger partial charge in [0.1, 0.15) is 0 Å². The normalized spacial score (nSPS) is 8.71. The second-order valence-electron chi connectivity index (χ2n) is 0.949. The number of nitrogens with one attached hydrogen (secondary N) is 1. The van der Waals surface area contributed by atoms with Crippen LogP contribution in [0.3, 0.4) is 0 Å². The van der Waals surface area contributed by atoms with Gasteiger partial charge in [-0.25, -0.2) is 4.98 Å². The number of hydrogen-bond donors (Lipinski definition) is 1. The van der Waals surface area contributed by atoms with Crippen molar-refractivity contribution < 1.29 is 0 Å². The Hall–Kier alpha value is -0.610. The van der Waals surface area contributed by atoms with Crippen LogP contribution in [0, 0.1) is 0 Å². The van der Waals surface area contributed by atoms with Crippen LogP contribution in [0.2, 0.25) is 0 Å². The van der Waals surface area contributed by atoms with Gasteiger partial charge in [0.25, 0.3) is 0 Å². The quantitative estimate of drug-likeness (QED) is 0.540. The average Bonchev–Trinajstić information content (AvgIpc) is 2.14. The minimum absolute atomic E-state index is 0.528. The van der Waals surface area contributed by atoms with E-state index in [0.29, 0.717) is 5.13 Å². The van der Waals surface area contributed by atoms with Crippen molar-refractivity contribution in [1.82, 2.24) is 10.8 Å². The zero-order valence-electron chi connectivity index (χ0n) is 3.46. The molecule has 1 aromatic heterocycles. The molecule has 0 unspecified atom stereocenters. The Balaban J connectivity index is 2.76. The third-order valence-corrected chi connectivity index (χ3v) is 1.21. The molecule has 1 aromatic rings. The zero-order valence-corrected chi connectivity index (χ0v) is 4.27. The summed E-state index contributed by atoms with van der Waals surface area (Å²) in [6, 6.07) is 0. The van der Waals surface area contributed by atoms with Gasteiger partial charge in [-0.05, 0) is 5.84 Å². The summed E-state index contributed by atoms with van der Waals surface area (Å²) in [5.74, 6) is 8.12. The molecule has 4 heteroatoms. The number of nitrogens with zero attached hydrogens (tertiary/aromatic N) is 2. The van der Waals surface area contributed by atoms with Crippen molar-refractivity contribution in [2.75, 3.05) is 5.43 Å². The summed E-state index contributed by atoms with van der Waals surface area (Å²) in [6.07, 6.45) is 1.61. The molecule has 0 atom stereocenters. The smallest absolute Gasteiger partial charge is 0.199 e. The van der Waals surface area contributed by atoms with Crippen molar-refractivity contribution in [1.29, 1.82) is 0 Å². The lowest BCUT2D eigenvalue weighted by molar-refractivity contribution is 1.25. The summed E-state index contributed by atoms with van der Waals surface area (Å²) in [7, 11) is 0. The minimum Gasteiger partial charge on any atom is -0.261 e. The van der Waals surface area contributed by atoms with E-state index in [4.69, 9.17) is 5.84 Å². The van der Waals surface area contributed by atoms with Crippen LogP contribution in [-0.4, -0.2) is 4.98 Å². The van der Waals surface area contributed by atoms with Gasteiger partial charge in [0.2, 0.25) is 0 Å². The Morgan fingerprint density at radius 2 is 2.71 bits per heavy atom. The summed E-state index contributed by atoms with van der Waals surface area (Å²) >= 11 is 1.35. The molecule has 7 heavy (non-hydrogen) atoms. The van der Waals surface area contributed by atoms with E-state index in [2.05, 4.69) is 4.98 Å². The Morgan fingerprint density at radius 3 is 3.00 bits per heavy atom. The molecular formula is C3H3N3S. The van der Waals surface area contributed by atoms with Crippen LogP contribution in [-0.2, 0) is 0 Å². The maximum absolute atomic E-state index is 8.12. The fourth-order valence-corrected chi connectivity index (χ4v) is 0.704. The highest BCUT2D eigenvalue weighted by Crippen LogP contribution is 2.07. The van der Waals surface area contributed by atoms with Gasteiger partial charge in [-0.1, -0.05) is 0 Å². The van der Waals surface area contributed by atoms with Crippen LogP contribution in [0.4, 0.5) is 5.13 Å². The van der Waals surface area contributed by atoms with Crippen LogP contribution < -0.4 is 11.3 Å². The van der Waals surface area contributed by atoms with E-state index in [1.165, 1.54) is 11.3 Å². The van der Waals surface area contributed by atoms with Gasteiger partial charge in [-0.15, -0.1) is 11.3 Å². The number of rotatable bonds is 1. The molecule has 0 aliphatic carbocycles. The predicted octanol–water partition coefficient (Wildman–Crippen LogP) is 0.539. The molecule has 0 fully saturated rings. The van der Waals surface area contributed by atoms with Gasteiger partial charge in [0.15, 0.2) is 5.13 Å². The molecule has 3 nitrogen and oxygen atoms in total. The standard InChI is InChI=1S/C3H3N3S/c4-6-3-5-1-2-7-3/h1-2H,(H,5,6). The number of hydrogen-bond acceptors (Lipinski definition) is 3. The largest absolute Gasteiger partial charge is 0.261 e. The van der Waals surface area contributed by atoms with E-state index in [1.54, 1.807) is 11.6 Å². The highest BCUT2D eigenvalue weighted by Gasteiger charge is 1.84. The maximum Gasteiger partial charge on any atom is 0.199 e. The van der Waals surface area contributed by atoms with E-state index in [-0.39, 0.29) is 0 Å². The van der Waals surface area contributed by atoms with Gasteiger partial charge in [-0.2, -0.15) is 0 Å². The Bertz CT molecular complexity index is 125. The van der Waals surface area contributed by atoms with Crippen molar-refractivity contribution in [2.24, 2.45) is 0 Å². The van der Waals surface area contributed by atoms with E-state index in [1.807, 2.05) is 5.43 Å². The molecule has 0 saturated heterocycles. The number of thiazole rings is 1. The van der Waals surface area contributed by atoms with Crippen molar-refractivity contribution in [3.05, 3.63) is 11.6 Å². The lowest BCUT2D eigenvalue weighted by Crippen LogP contribution is -1.88. The number of aromatic nitrogens is 1. The van der Waals surface area contributed by atoms with Crippen LogP contribution in [0.5, 0.6) is 0 Å². The van der Waals surface area contributed by atoms with Crippen molar-refractivity contribution in [3.63, 3.8) is 0 Å². The minimum atomic E-state index is 0.528. The second-order valence-corrected chi connectivity index (χ2v) is 1.84. The third-order valence-electron chi connectivity index (χ3n) is 0.528. The molecule has 0 aliphatic heterocycles. The van der Waals surface area contributed by atoms with Gasteiger partial charge in [0, 0.05) is 11.6 Å². The highest BCUT2D eigenvalue weighted by atomic mass is 32.1. The molecule has 1 rings (SSSR count). The summed E-state index contributed by atoms with van der Waals surface area (Å²) in [6.45, 7) is 0. The molecule has 0 saturated carbocycles. The average molecular weight is 113 g/mol. The molecule has 36 valence electrons. The number of anilines is 1. The highest BCUT2D eigenvalue weighted by molar-refractivity contribution is 7.13.